The predicted molar refractivity (Wildman–Crippen MR) is 126 cm³/mol. The van der Waals surface area contributed by atoms with Crippen LogP contribution in [0.4, 0.5) is 0 Å². The standard InChI is InChI=1S/C25H28N4OS/c1-19-18-26-29(20(19)2)16-10-5-11-17-31(30)25-27-23(21-12-6-3-7-13-21)24(28-25)22-14-8-4-9-15-22/h3-4,6-9,12-15,18H,5,10-11,16-17H2,1-2H3,(H,27,28)/t31-/m0/s1. The summed E-state index contributed by atoms with van der Waals surface area (Å²) in [6.07, 6.45) is 4.85. The Morgan fingerprint density at radius 1 is 0.903 bits per heavy atom. The van der Waals surface area contributed by atoms with Crippen molar-refractivity contribution >= 4 is 10.8 Å². The third-order valence-electron chi connectivity index (χ3n) is 5.56. The van der Waals surface area contributed by atoms with Crippen LogP contribution < -0.4 is 0 Å². The molecule has 2 heterocycles. The molecule has 0 unspecified atom stereocenters. The largest absolute Gasteiger partial charge is 0.330 e. The second kappa shape index (κ2) is 9.88. The molecule has 0 spiro atoms. The van der Waals surface area contributed by atoms with Gasteiger partial charge in [-0.2, -0.15) is 5.10 Å². The number of aromatic amines is 1. The number of nitrogens with one attached hydrogen (secondary N) is 1. The van der Waals surface area contributed by atoms with Crippen LogP contribution in [0.1, 0.15) is 30.5 Å². The summed E-state index contributed by atoms with van der Waals surface area (Å²) in [6.45, 7) is 5.09. The Hall–Kier alpha value is -2.99. The summed E-state index contributed by atoms with van der Waals surface area (Å²) >= 11 is 0. The fraction of sp³-hybridized carbons (Fsp3) is 0.280. The summed E-state index contributed by atoms with van der Waals surface area (Å²) in [5, 5.41) is 4.96. The van der Waals surface area contributed by atoms with E-state index in [1.54, 1.807) is 0 Å². The van der Waals surface area contributed by atoms with Gasteiger partial charge in [0.2, 0.25) is 0 Å². The second-order valence-corrected chi connectivity index (χ2v) is 9.23. The first-order valence-electron chi connectivity index (χ1n) is 10.7. The highest BCUT2D eigenvalue weighted by Crippen LogP contribution is 2.30. The normalized spacial score (nSPS) is 12.2. The summed E-state index contributed by atoms with van der Waals surface area (Å²) in [5.41, 5.74) is 6.27. The van der Waals surface area contributed by atoms with E-state index in [-0.39, 0.29) is 0 Å². The molecule has 2 aromatic carbocycles. The van der Waals surface area contributed by atoms with Crippen LogP contribution in [0.3, 0.4) is 0 Å². The molecule has 0 bridgehead atoms. The Balaban J connectivity index is 1.42. The maximum atomic E-state index is 13.0. The quantitative estimate of drug-likeness (QED) is 0.353. The van der Waals surface area contributed by atoms with Crippen LogP contribution in [0, 0.1) is 13.8 Å². The molecule has 1 N–H and O–H groups in total. The molecule has 0 radical (unpaired) electrons. The van der Waals surface area contributed by atoms with Crippen molar-refractivity contribution in [1.29, 1.82) is 0 Å². The van der Waals surface area contributed by atoms with Crippen LogP contribution in [0.5, 0.6) is 0 Å². The van der Waals surface area contributed by atoms with Gasteiger partial charge in [-0.15, -0.1) is 0 Å². The van der Waals surface area contributed by atoms with Crippen molar-refractivity contribution in [2.45, 2.75) is 44.8 Å². The monoisotopic (exact) mass is 432 g/mol. The van der Waals surface area contributed by atoms with Crippen LogP contribution in [-0.4, -0.2) is 29.7 Å². The van der Waals surface area contributed by atoms with E-state index >= 15 is 0 Å². The topological polar surface area (TPSA) is 63.6 Å². The molecular formula is C25H28N4OS. The molecule has 0 fully saturated rings. The number of rotatable bonds is 9. The van der Waals surface area contributed by atoms with Gasteiger partial charge in [0.15, 0.2) is 5.16 Å². The van der Waals surface area contributed by atoms with Crippen molar-refractivity contribution in [2.75, 3.05) is 5.75 Å². The van der Waals surface area contributed by atoms with Crippen molar-refractivity contribution in [1.82, 2.24) is 19.7 Å². The molecule has 0 amide bonds. The van der Waals surface area contributed by atoms with Crippen molar-refractivity contribution in [3.8, 4) is 22.5 Å². The van der Waals surface area contributed by atoms with Crippen LogP contribution in [0.2, 0.25) is 0 Å². The average Bonchev–Trinajstić information content (AvgIpc) is 3.39. The van der Waals surface area contributed by atoms with Crippen molar-refractivity contribution < 1.29 is 4.21 Å². The van der Waals surface area contributed by atoms with E-state index in [1.807, 2.05) is 66.9 Å². The summed E-state index contributed by atoms with van der Waals surface area (Å²) in [5.74, 6) is 0.604. The van der Waals surface area contributed by atoms with Gasteiger partial charge in [-0.25, -0.2) is 4.98 Å². The van der Waals surface area contributed by atoms with Gasteiger partial charge in [0.1, 0.15) is 0 Å². The Kier molecular flexibility index (Phi) is 6.77. The lowest BCUT2D eigenvalue weighted by Crippen LogP contribution is -2.04. The highest BCUT2D eigenvalue weighted by Gasteiger charge is 2.17. The molecule has 4 aromatic rings. The number of imidazole rings is 1. The minimum absolute atomic E-state index is 0.552. The van der Waals surface area contributed by atoms with Crippen LogP contribution >= 0.6 is 0 Å². The molecule has 6 heteroatoms. The maximum absolute atomic E-state index is 13.0. The molecule has 4 rings (SSSR count). The number of hydrogen-bond acceptors (Lipinski definition) is 3. The van der Waals surface area contributed by atoms with Crippen LogP contribution in [0.15, 0.2) is 72.0 Å². The Labute approximate surface area is 186 Å². The number of unbranched alkanes of at least 4 members (excludes halogenated alkanes) is 2. The minimum atomic E-state index is -1.16. The van der Waals surface area contributed by atoms with Crippen molar-refractivity contribution in [2.24, 2.45) is 0 Å². The molecule has 1 atom stereocenters. The summed E-state index contributed by atoms with van der Waals surface area (Å²) in [6, 6.07) is 20.2. The van der Waals surface area contributed by atoms with Crippen LogP contribution in [-0.2, 0) is 17.3 Å². The van der Waals surface area contributed by atoms with Gasteiger partial charge in [0, 0.05) is 29.1 Å². The zero-order valence-corrected chi connectivity index (χ0v) is 18.9. The molecule has 0 saturated heterocycles. The molecule has 0 aliphatic carbocycles. The second-order valence-electron chi connectivity index (χ2n) is 7.74. The predicted octanol–water partition coefficient (Wildman–Crippen LogP) is 5.54. The third kappa shape index (κ3) is 5.02. The van der Waals surface area contributed by atoms with E-state index < -0.39 is 10.8 Å². The van der Waals surface area contributed by atoms with Gasteiger partial charge in [0.25, 0.3) is 0 Å². The van der Waals surface area contributed by atoms with E-state index in [0.717, 1.165) is 48.3 Å². The zero-order valence-electron chi connectivity index (χ0n) is 18.0. The Morgan fingerprint density at radius 2 is 1.58 bits per heavy atom. The third-order valence-corrected chi connectivity index (χ3v) is 6.84. The molecule has 0 aliphatic heterocycles. The Bertz CT molecular complexity index is 1090. The Morgan fingerprint density at radius 3 is 2.23 bits per heavy atom. The SMILES string of the molecule is Cc1cnn(CCCCC[S@](=O)c2nc(-c3ccccc3)c(-c3ccccc3)[nH]2)c1C. The number of benzene rings is 2. The molecule has 5 nitrogen and oxygen atoms in total. The lowest BCUT2D eigenvalue weighted by molar-refractivity contribution is 0.542. The molecule has 2 aromatic heterocycles. The van der Waals surface area contributed by atoms with E-state index in [9.17, 15) is 4.21 Å². The fourth-order valence-corrected chi connectivity index (χ4v) is 4.68. The van der Waals surface area contributed by atoms with E-state index in [0.29, 0.717) is 10.9 Å². The van der Waals surface area contributed by atoms with Gasteiger partial charge >= 0.3 is 0 Å². The molecule has 31 heavy (non-hydrogen) atoms. The van der Waals surface area contributed by atoms with E-state index in [1.165, 1.54) is 11.3 Å². The van der Waals surface area contributed by atoms with E-state index in [2.05, 4.69) is 28.6 Å². The molecular weight excluding hydrogens is 404 g/mol. The highest BCUT2D eigenvalue weighted by molar-refractivity contribution is 7.84. The fourth-order valence-electron chi connectivity index (χ4n) is 3.61. The zero-order chi connectivity index (χ0) is 21.6. The van der Waals surface area contributed by atoms with Gasteiger partial charge in [-0.1, -0.05) is 67.1 Å². The van der Waals surface area contributed by atoms with Crippen molar-refractivity contribution in [3.63, 3.8) is 0 Å². The minimum Gasteiger partial charge on any atom is -0.330 e. The van der Waals surface area contributed by atoms with Gasteiger partial charge < -0.3 is 4.98 Å². The first kappa shape index (κ1) is 21.2. The van der Waals surface area contributed by atoms with E-state index in [4.69, 9.17) is 4.98 Å². The summed E-state index contributed by atoms with van der Waals surface area (Å²) < 4.78 is 15.0. The lowest BCUT2D eigenvalue weighted by atomic mass is 10.1. The first-order chi connectivity index (χ1) is 15.1. The molecule has 0 saturated carbocycles. The smallest absolute Gasteiger partial charge is 0.197 e. The summed E-state index contributed by atoms with van der Waals surface area (Å²) in [7, 11) is -1.16. The molecule has 160 valence electrons. The van der Waals surface area contributed by atoms with Crippen molar-refractivity contribution in [3.05, 3.63) is 78.1 Å². The van der Waals surface area contributed by atoms with Crippen LogP contribution in [0.25, 0.3) is 22.5 Å². The average molecular weight is 433 g/mol. The number of hydrogen-bond donors (Lipinski definition) is 1. The number of nitrogens with zero attached hydrogens (tertiary/aromatic N) is 3. The number of aryl methyl sites for hydroxylation is 2. The maximum Gasteiger partial charge on any atom is 0.197 e. The first-order valence-corrected chi connectivity index (χ1v) is 12.0. The van der Waals surface area contributed by atoms with Gasteiger partial charge in [-0.3, -0.25) is 8.89 Å². The summed E-state index contributed by atoms with van der Waals surface area (Å²) in [4.78, 5) is 8.10. The number of aromatic nitrogens is 4. The number of H-pyrrole nitrogens is 1. The van der Waals surface area contributed by atoms with Gasteiger partial charge in [-0.05, 0) is 32.3 Å². The lowest BCUT2D eigenvalue weighted by Gasteiger charge is -2.04. The molecule has 0 aliphatic rings. The highest BCUT2D eigenvalue weighted by atomic mass is 32.2. The van der Waals surface area contributed by atoms with Gasteiger partial charge in [0.05, 0.1) is 28.4 Å².